The highest BCUT2D eigenvalue weighted by Gasteiger charge is 2.29. The molecule has 3 amide bonds. The summed E-state index contributed by atoms with van der Waals surface area (Å²) in [7, 11) is 1.26. The molecule has 0 bridgehead atoms. The first-order valence-corrected chi connectivity index (χ1v) is 10.9. The number of rotatable bonds is 7. The van der Waals surface area contributed by atoms with E-state index in [1.807, 2.05) is 31.2 Å². The van der Waals surface area contributed by atoms with Crippen molar-refractivity contribution in [2.45, 2.75) is 26.2 Å². The Morgan fingerprint density at radius 3 is 2.39 bits per heavy atom. The van der Waals surface area contributed by atoms with Crippen LogP contribution in [-0.4, -0.2) is 55.3 Å². The molecule has 1 unspecified atom stereocenters. The molecular weight excluding hydrogens is 422 g/mol. The predicted molar refractivity (Wildman–Crippen MR) is 124 cm³/mol. The number of carbonyl (C=O) groups is 4. The average Bonchev–Trinajstić information content (AvgIpc) is 2.83. The first-order chi connectivity index (χ1) is 15.9. The van der Waals surface area contributed by atoms with Crippen LogP contribution in [-0.2, 0) is 25.5 Å². The van der Waals surface area contributed by atoms with Crippen molar-refractivity contribution >= 4 is 29.4 Å². The van der Waals surface area contributed by atoms with Crippen molar-refractivity contribution in [2.75, 3.05) is 32.1 Å². The Labute approximate surface area is 193 Å². The second-order valence-corrected chi connectivity index (χ2v) is 8.17. The van der Waals surface area contributed by atoms with Gasteiger partial charge in [0, 0.05) is 24.3 Å². The smallest absolute Gasteiger partial charge is 0.325 e. The van der Waals surface area contributed by atoms with Gasteiger partial charge in [0.05, 0.1) is 19.4 Å². The van der Waals surface area contributed by atoms with Crippen molar-refractivity contribution in [3.8, 4) is 0 Å². The minimum absolute atomic E-state index is 0.0534. The van der Waals surface area contributed by atoms with E-state index in [1.165, 1.54) is 7.11 Å². The molecule has 174 valence electrons. The minimum atomic E-state index is -0.511. The Morgan fingerprint density at radius 2 is 1.73 bits per heavy atom. The van der Waals surface area contributed by atoms with E-state index in [0.29, 0.717) is 24.3 Å². The molecule has 1 saturated heterocycles. The maximum absolute atomic E-state index is 12.8. The molecule has 0 radical (unpaired) electrons. The van der Waals surface area contributed by atoms with Crippen LogP contribution in [0.4, 0.5) is 5.69 Å². The van der Waals surface area contributed by atoms with Crippen molar-refractivity contribution in [3.63, 3.8) is 0 Å². The Hall–Kier alpha value is -3.68. The number of nitrogens with one attached hydrogen (secondary N) is 2. The van der Waals surface area contributed by atoms with Gasteiger partial charge in [-0.05, 0) is 49.6 Å². The Balaban J connectivity index is 1.52. The first kappa shape index (κ1) is 24.0. The molecule has 1 atom stereocenters. The van der Waals surface area contributed by atoms with E-state index in [9.17, 15) is 19.2 Å². The van der Waals surface area contributed by atoms with E-state index < -0.39 is 5.97 Å². The fraction of sp³-hybridized carbons (Fsp3) is 0.360. The molecule has 0 saturated carbocycles. The average molecular weight is 452 g/mol. The van der Waals surface area contributed by atoms with E-state index in [2.05, 4.69) is 15.4 Å². The van der Waals surface area contributed by atoms with Gasteiger partial charge in [0.2, 0.25) is 11.8 Å². The number of piperidine rings is 1. The van der Waals surface area contributed by atoms with Crippen molar-refractivity contribution in [2.24, 2.45) is 5.92 Å². The number of anilines is 1. The Bertz CT molecular complexity index is 1000. The van der Waals surface area contributed by atoms with E-state index >= 15 is 0 Å². The van der Waals surface area contributed by atoms with Crippen LogP contribution >= 0.6 is 0 Å². The number of aryl methyl sites for hydroxylation is 1. The third-order valence-electron chi connectivity index (χ3n) is 5.62. The molecule has 1 fully saturated rings. The van der Waals surface area contributed by atoms with Crippen LogP contribution < -0.4 is 10.6 Å². The van der Waals surface area contributed by atoms with Gasteiger partial charge in [-0.25, -0.2) is 0 Å². The molecular formula is C25H29N3O5. The molecule has 0 aliphatic carbocycles. The first-order valence-electron chi connectivity index (χ1n) is 10.9. The number of carbonyl (C=O) groups excluding carboxylic acids is 4. The van der Waals surface area contributed by atoms with Gasteiger partial charge in [0.15, 0.2) is 0 Å². The van der Waals surface area contributed by atoms with Crippen molar-refractivity contribution < 1.29 is 23.9 Å². The molecule has 2 aromatic rings. The quantitative estimate of drug-likeness (QED) is 0.629. The molecule has 3 rings (SSSR count). The fourth-order valence-electron chi connectivity index (χ4n) is 3.70. The summed E-state index contributed by atoms with van der Waals surface area (Å²) in [6.45, 7) is 2.83. The molecule has 0 aromatic heterocycles. The lowest BCUT2D eigenvalue weighted by Crippen LogP contribution is -2.43. The van der Waals surface area contributed by atoms with Crippen LogP contribution in [0.2, 0.25) is 0 Å². The minimum Gasteiger partial charge on any atom is -0.468 e. The molecule has 8 nitrogen and oxygen atoms in total. The summed E-state index contributed by atoms with van der Waals surface area (Å²) in [4.78, 5) is 50.3. The summed E-state index contributed by atoms with van der Waals surface area (Å²) in [6.07, 6.45) is 1.61. The molecule has 33 heavy (non-hydrogen) atoms. The van der Waals surface area contributed by atoms with Gasteiger partial charge in [0.25, 0.3) is 5.91 Å². The van der Waals surface area contributed by atoms with Gasteiger partial charge < -0.3 is 20.3 Å². The highest BCUT2D eigenvalue weighted by atomic mass is 16.5. The van der Waals surface area contributed by atoms with Gasteiger partial charge in [-0.3, -0.25) is 19.2 Å². The SMILES string of the molecule is COC(=O)CNC(=O)Cc1ccc(NC(=O)C2CCCN(C(=O)c3ccc(C)cc3)C2)cc1. The second kappa shape index (κ2) is 11.3. The van der Waals surface area contributed by atoms with Crippen LogP contribution in [0.25, 0.3) is 0 Å². The summed E-state index contributed by atoms with van der Waals surface area (Å²) >= 11 is 0. The zero-order valence-corrected chi connectivity index (χ0v) is 18.9. The van der Waals surface area contributed by atoms with Crippen LogP contribution in [0, 0.1) is 12.8 Å². The second-order valence-electron chi connectivity index (χ2n) is 8.17. The van der Waals surface area contributed by atoms with Crippen LogP contribution in [0.5, 0.6) is 0 Å². The summed E-state index contributed by atoms with van der Waals surface area (Å²) in [5, 5.41) is 5.39. The van der Waals surface area contributed by atoms with Gasteiger partial charge in [0.1, 0.15) is 6.54 Å². The molecule has 1 aliphatic rings. The molecule has 0 spiro atoms. The third kappa shape index (κ3) is 6.90. The number of hydrogen-bond donors (Lipinski definition) is 2. The normalized spacial score (nSPS) is 15.5. The van der Waals surface area contributed by atoms with Crippen molar-refractivity contribution in [1.82, 2.24) is 10.2 Å². The topological polar surface area (TPSA) is 105 Å². The van der Waals surface area contributed by atoms with Gasteiger partial charge in [-0.2, -0.15) is 0 Å². The zero-order chi connectivity index (χ0) is 23.8. The molecule has 2 aromatic carbocycles. The largest absolute Gasteiger partial charge is 0.468 e. The van der Waals surface area contributed by atoms with E-state index in [0.717, 1.165) is 24.0 Å². The lowest BCUT2D eigenvalue weighted by molar-refractivity contribution is -0.141. The van der Waals surface area contributed by atoms with Gasteiger partial charge in [-0.1, -0.05) is 29.8 Å². The van der Waals surface area contributed by atoms with Crippen LogP contribution in [0.3, 0.4) is 0 Å². The Kier molecular flexibility index (Phi) is 8.18. The molecule has 2 N–H and O–H groups in total. The number of benzene rings is 2. The highest BCUT2D eigenvalue weighted by Crippen LogP contribution is 2.21. The number of nitrogens with zero attached hydrogens (tertiary/aromatic N) is 1. The van der Waals surface area contributed by atoms with Crippen molar-refractivity contribution in [3.05, 3.63) is 65.2 Å². The number of hydrogen-bond acceptors (Lipinski definition) is 5. The standard InChI is InChI=1S/C25H29N3O5/c1-17-5-9-19(10-6-17)25(32)28-13-3-4-20(16-28)24(31)27-21-11-7-18(8-12-21)14-22(29)26-15-23(30)33-2/h5-12,20H,3-4,13-16H2,1-2H3,(H,26,29)(H,27,31). The van der Waals surface area contributed by atoms with E-state index in [1.54, 1.807) is 29.2 Å². The number of amides is 3. The number of likely N-dealkylation sites (tertiary alicyclic amines) is 1. The molecule has 1 heterocycles. The van der Waals surface area contributed by atoms with E-state index in [4.69, 9.17) is 0 Å². The third-order valence-corrected chi connectivity index (χ3v) is 5.62. The maximum atomic E-state index is 12.8. The van der Waals surface area contributed by atoms with Crippen molar-refractivity contribution in [1.29, 1.82) is 0 Å². The van der Waals surface area contributed by atoms with Gasteiger partial charge >= 0.3 is 5.97 Å². The summed E-state index contributed by atoms with van der Waals surface area (Å²) < 4.78 is 4.48. The summed E-state index contributed by atoms with van der Waals surface area (Å²) in [6, 6.07) is 14.4. The van der Waals surface area contributed by atoms with Crippen LogP contribution in [0.1, 0.15) is 34.3 Å². The zero-order valence-electron chi connectivity index (χ0n) is 18.9. The fourth-order valence-corrected chi connectivity index (χ4v) is 3.70. The monoisotopic (exact) mass is 451 g/mol. The lowest BCUT2D eigenvalue weighted by atomic mass is 9.96. The highest BCUT2D eigenvalue weighted by molar-refractivity contribution is 5.96. The van der Waals surface area contributed by atoms with E-state index in [-0.39, 0.29) is 36.6 Å². The van der Waals surface area contributed by atoms with Crippen LogP contribution in [0.15, 0.2) is 48.5 Å². The van der Waals surface area contributed by atoms with Gasteiger partial charge in [-0.15, -0.1) is 0 Å². The number of esters is 1. The maximum Gasteiger partial charge on any atom is 0.325 e. The molecule has 8 heteroatoms. The summed E-state index contributed by atoms with van der Waals surface area (Å²) in [5.74, 6) is -1.26. The summed E-state index contributed by atoms with van der Waals surface area (Å²) in [5.41, 5.74) is 3.10. The lowest BCUT2D eigenvalue weighted by Gasteiger charge is -2.32. The Morgan fingerprint density at radius 1 is 1.03 bits per heavy atom. The molecule has 1 aliphatic heterocycles. The number of methoxy groups -OCH3 is 1. The predicted octanol–water partition coefficient (Wildman–Crippen LogP) is 2.32. The number of ether oxygens (including phenoxy) is 1.